The number of amides is 1. The van der Waals surface area contributed by atoms with Crippen molar-refractivity contribution in [2.45, 2.75) is 26.4 Å². The molecule has 6 heteroatoms. The summed E-state index contributed by atoms with van der Waals surface area (Å²) in [5.74, 6) is -0.705. The molecule has 0 radical (unpaired) electrons. The molecule has 1 aromatic heterocycles. The molecule has 4 nitrogen and oxygen atoms in total. The predicted molar refractivity (Wildman–Crippen MR) is 48.5 cm³/mol. The molecule has 0 saturated carbocycles. The minimum Gasteiger partial charge on any atom is -0.298 e. The minimum absolute atomic E-state index is 0.327. The summed E-state index contributed by atoms with van der Waals surface area (Å²) in [6, 6.07) is 0. The van der Waals surface area contributed by atoms with E-state index in [0.717, 1.165) is 5.01 Å². The Morgan fingerprint density at radius 1 is 1.54 bits per heavy atom. The summed E-state index contributed by atoms with van der Waals surface area (Å²) < 4.78 is 13.0. The molecule has 13 heavy (non-hydrogen) atoms. The SMILES string of the molecule is Cc1nnc(NC(=O)C(C)(C)F)s1. The van der Waals surface area contributed by atoms with Gasteiger partial charge in [0.25, 0.3) is 5.91 Å². The summed E-state index contributed by atoms with van der Waals surface area (Å²) in [7, 11) is 0. The van der Waals surface area contributed by atoms with Gasteiger partial charge in [-0.2, -0.15) is 0 Å². The topological polar surface area (TPSA) is 54.9 Å². The van der Waals surface area contributed by atoms with Gasteiger partial charge in [-0.3, -0.25) is 10.1 Å². The van der Waals surface area contributed by atoms with E-state index in [-0.39, 0.29) is 0 Å². The number of halogens is 1. The average Bonchev–Trinajstić information content (AvgIpc) is 2.33. The van der Waals surface area contributed by atoms with Crippen LogP contribution in [0.3, 0.4) is 0 Å². The number of alkyl halides is 1. The van der Waals surface area contributed by atoms with Gasteiger partial charge in [0.1, 0.15) is 5.01 Å². The first-order valence-corrected chi connectivity index (χ1v) is 4.52. The van der Waals surface area contributed by atoms with Crippen LogP contribution < -0.4 is 5.32 Å². The normalized spacial score (nSPS) is 11.4. The van der Waals surface area contributed by atoms with E-state index in [0.29, 0.717) is 5.13 Å². The molecule has 72 valence electrons. The first kappa shape index (κ1) is 10.0. The van der Waals surface area contributed by atoms with E-state index in [9.17, 15) is 9.18 Å². The number of aromatic nitrogens is 2. The number of nitrogens with zero attached hydrogens (tertiary/aromatic N) is 2. The van der Waals surface area contributed by atoms with Gasteiger partial charge >= 0.3 is 0 Å². The van der Waals surface area contributed by atoms with Crippen LogP contribution in [0.15, 0.2) is 0 Å². The van der Waals surface area contributed by atoms with Gasteiger partial charge in [0.15, 0.2) is 5.67 Å². The van der Waals surface area contributed by atoms with E-state index in [1.54, 1.807) is 6.92 Å². The summed E-state index contributed by atoms with van der Waals surface area (Å²) >= 11 is 1.21. The molecule has 0 aliphatic carbocycles. The Kier molecular flexibility index (Phi) is 2.60. The lowest BCUT2D eigenvalue weighted by Crippen LogP contribution is -2.32. The van der Waals surface area contributed by atoms with Gasteiger partial charge < -0.3 is 0 Å². The fraction of sp³-hybridized carbons (Fsp3) is 0.571. The Bertz CT molecular complexity index is 318. The molecule has 1 amide bonds. The van der Waals surface area contributed by atoms with Crippen LogP contribution >= 0.6 is 11.3 Å². The molecular formula is C7H10FN3OS. The third kappa shape index (κ3) is 2.73. The molecule has 0 atom stereocenters. The van der Waals surface area contributed by atoms with Crippen LogP contribution in [0.4, 0.5) is 9.52 Å². The van der Waals surface area contributed by atoms with Crippen LogP contribution in [-0.2, 0) is 4.79 Å². The molecule has 1 N–H and O–H groups in total. The van der Waals surface area contributed by atoms with Crippen molar-refractivity contribution in [1.82, 2.24) is 10.2 Å². The second kappa shape index (κ2) is 3.37. The van der Waals surface area contributed by atoms with Crippen molar-refractivity contribution in [1.29, 1.82) is 0 Å². The van der Waals surface area contributed by atoms with E-state index < -0.39 is 11.6 Å². The second-order valence-corrected chi connectivity index (χ2v) is 4.23. The summed E-state index contributed by atoms with van der Waals surface area (Å²) in [6.45, 7) is 4.14. The zero-order chi connectivity index (χ0) is 10.1. The van der Waals surface area contributed by atoms with Gasteiger partial charge in [-0.15, -0.1) is 10.2 Å². The van der Waals surface area contributed by atoms with Crippen molar-refractivity contribution in [3.63, 3.8) is 0 Å². The molecule has 0 fully saturated rings. The Morgan fingerprint density at radius 2 is 2.15 bits per heavy atom. The lowest BCUT2D eigenvalue weighted by Gasteiger charge is -2.11. The van der Waals surface area contributed by atoms with Gasteiger partial charge in [-0.25, -0.2) is 4.39 Å². The van der Waals surface area contributed by atoms with E-state index in [1.807, 2.05) is 0 Å². The molecule has 1 heterocycles. The summed E-state index contributed by atoms with van der Waals surface area (Å²) in [6.07, 6.45) is 0. The maximum absolute atomic E-state index is 13.0. The summed E-state index contributed by atoms with van der Waals surface area (Å²) in [4.78, 5) is 11.1. The Balaban J connectivity index is 2.65. The maximum Gasteiger partial charge on any atom is 0.263 e. The molecule has 1 rings (SSSR count). The Morgan fingerprint density at radius 3 is 2.54 bits per heavy atom. The zero-order valence-electron chi connectivity index (χ0n) is 7.59. The number of rotatable bonds is 2. The maximum atomic E-state index is 13.0. The van der Waals surface area contributed by atoms with Crippen LogP contribution in [0.1, 0.15) is 18.9 Å². The van der Waals surface area contributed by atoms with Crippen LogP contribution in [-0.4, -0.2) is 21.8 Å². The number of hydrogen-bond acceptors (Lipinski definition) is 4. The molecule has 1 aromatic rings. The summed E-state index contributed by atoms with van der Waals surface area (Å²) in [5.41, 5.74) is -1.89. The lowest BCUT2D eigenvalue weighted by molar-refractivity contribution is -0.125. The van der Waals surface area contributed by atoms with Crippen molar-refractivity contribution in [3.05, 3.63) is 5.01 Å². The summed E-state index contributed by atoms with van der Waals surface area (Å²) in [5, 5.41) is 10.7. The van der Waals surface area contributed by atoms with Crippen LogP contribution in [0, 0.1) is 6.92 Å². The largest absolute Gasteiger partial charge is 0.298 e. The molecular weight excluding hydrogens is 193 g/mol. The Labute approximate surface area is 79.2 Å². The predicted octanol–water partition coefficient (Wildman–Crippen LogP) is 1.53. The van der Waals surface area contributed by atoms with Crippen LogP contribution in [0.2, 0.25) is 0 Å². The highest BCUT2D eigenvalue weighted by Gasteiger charge is 2.27. The van der Waals surface area contributed by atoms with Gasteiger partial charge in [0.05, 0.1) is 0 Å². The van der Waals surface area contributed by atoms with Crippen molar-refractivity contribution >= 4 is 22.4 Å². The Hall–Kier alpha value is -1.04. The van der Waals surface area contributed by atoms with E-state index in [2.05, 4.69) is 15.5 Å². The molecule has 0 saturated heterocycles. The molecule has 0 spiro atoms. The zero-order valence-corrected chi connectivity index (χ0v) is 8.41. The monoisotopic (exact) mass is 203 g/mol. The number of carbonyl (C=O) groups is 1. The van der Waals surface area contributed by atoms with Crippen molar-refractivity contribution in [2.75, 3.05) is 5.32 Å². The molecule has 0 aliphatic rings. The number of nitrogens with one attached hydrogen (secondary N) is 1. The molecule has 0 bridgehead atoms. The standard InChI is InChI=1S/C7H10FN3OS/c1-4-10-11-6(13-4)9-5(12)7(2,3)8/h1-3H3,(H,9,11,12). The fourth-order valence-corrected chi connectivity index (χ4v) is 1.18. The van der Waals surface area contributed by atoms with Gasteiger partial charge in [-0.1, -0.05) is 11.3 Å². The molecule has 0 aliphatic heterocycles. The highest BCUT2D eigenvalue weighted by atomic mass is 32.1. The molecule has 0 aromatic carbocycles. The second-order valence-electron chi connectivity index (χ2n) is 3.05. The number of aryl methyl sites for hydroxylation is 1. The highest BCUT2D eigenvalue weighted by molar-refractivity contribution is 7.15. The van der Waals surface area contributed by atoms with E-state index in [1.165, 1.54) is 25.2 Å². The first-order valence-electron chi connectivity index (χ1n) is 3.70. The quantitative estimate of drug-likeness (QED) is 0.793. The highest BCUT2D eigenvalue weighted by Crippen LogP contribution is 2.17. The van der Waals surface area contributed by atoms with Gasteiger partial charge in [0, 0.05) is 0 Å². The van der Waals surface area contributed by atoms with E-state index >= 15 is 0 Å². The number of hydrogen-bond donors (Lipinski definition) is 1. The van der Waals surface area contributed by atoms with Crippen molar-refractivity contribution in [3.8, 4) is 0 Å². The molecule has 0 unspecified atom stereocenters. The lowest BCUT2D eigenvalue weighted by atomic mass is 10.1. The van der Waals surface area contributed by atoms with Crippen molar-refractivity contribution < 1.29 is 9.18 Å². The third-order valence-electron chi connectivity index (χ3n) is 1.29. The number of carbonyl (C=O) groups excluding carboxylic acids is 1. The smallest absolute Gasteiger partial charge is 0.263 e. The van der Waals surface area contributed by atoms with E-state index in [4.69, 9.17) is 0 Å². The fourth-order valence-electron chi connectivity index (χ4n) is 0.593. The van der Waals surface area contributed by atoms with Crippen molar-refractivity contribution in [2.24, 2.45) is 0 Å². The van der Waals surface area contributed by atoms with Gasteiger partial charge in [0.2, 0.25) is 5.13 Å². The third-order valence-corrected chi connectivity index (χ3v) is 2.04. The minimum atomic E-state index is -1.89. The average molecular weight is 203 g/mol. The first-order chi connectivity index (χ1) is 5.89. The number of anilines is 1. The van der Waals surface area contributed by atoms with Crippen LogP contribution in [0.25, 0.3) is 0 Å². The van der Waals surface area contributed by atoms with Crippen LogP contribution in [0.5, 0.6) is 0 Å². The van der Waals surface area contributed by atoms with Gasteiger partial charge in [-0.05, 0) is 20.8 Å².